The van der Waals surface area contributed by atoms with E-state index in [1.807, 2.05) is 42.5 Å². The fourth-order valence-electron chi connectivity index (χ4n) is 1.43. The van der Waals surface area contributed by atoms with E-state index in [9.17, 15) is 4.79 Å². The standard InChI is InChI=1S/C13H10Cl2N2O/c14-11-9-16-17(13(18)12(11)15)8-4-7-10-5-2-1-3-6-10/h1-7,9H,8H2/b7-4+. The zero-order chi connectivity index (χ0) is 13.0. The molecule has 2 aromatic rings. The van der Waals surface area contributed by atoms with Crippen molar-refractivity contribution in [1.29, 1.82) is 0 Å². The Morgan fingerprint density at radius 2 is 1.94 bits per heavy atom. The molecule has 1 aromatic heterocycles. The number of nitrogens with zero attached hydrogens (tertiary/aromatic N) is 2. The van der Waals surface area contributed by atoms with E-state index in [0.29, 0.717) is 6.54 Å². The molecule has 0 amide bonds. The molecule has 0 saturated heterocycles. The number of allylic oxidation sites excluding steroid dienone is 1. The van der Waals surface area contributed by atoms with Gasteiger partial charge < -0.3 is 0 Å². The summed E-state index contributed by atoms with van der Waals surface area (Å²) in [6.07, 6.45) is 5.12. The Hall–Kier alpha value is -1.58. The largest absolute Gasteiger partial charge is 0.287 e. The monoisotopic (exact) mass is 280 g/mol. The first-order chi connectivity index (χ1) is 8.68. The fourth-order valence-corrected chi connectivity index (χ4v) is 1.70. The van der Waals surface area contributed by atoms with Gasteiger partial charge in [-0.3, -0.25) is 4.79 Å². The van der Waals surface area contributed by atoms with Gasteiger partial charge in [-0.1, -0.05) is 65.7 Å². The third kappa shape index (κ3) is 3.00. The fraction of sp³-hybridized carbons (Fsp3) is 0.0769. The molecular weight excluding hydrogens is 271 g/mol. The smallest absolute Gasteiger partial charge is 0.266 e. The van der Waals surface area contributed by atoms with Crippen LogP contribution in [0.4, 0.5) is 0 Å². The van der Waals surface area contributed by atoms with Gasteiger partial charge in [0.15, 0.2) is 0 Å². The SMILES string of the molecule is O=c1c(Cl)c(Cl)cnn1C/C=C/c1ccccc1. The number of benzene rings is 1. The molecule has 2 rings (SSSR count). The quantitative estimate of drug-likeness (QED) is 0.865. The molecule has 1 heterocycles. The average Bonchev–Trinajstić information content (AvgIpc) is 2.40. The molecule has 5 heteroatoms. The molecule has 0 N–H and O–H groups in total. The van der Waals surface area contributed by atoms with Crippen LogP contribution in [0.2, 0.25) is 10.0 Å². The lowest BCUT2D eigenvalue weighted by Crippen LogP contribution is -2.22. The van der Waals surface area contributed by atoms with Gasteiger partial charge in [-0.05, 0) is 5.56 Å². The van der Waals surface area contributed by atoms with Crippen LogP contribution in [0.3, 0.4) is 0 Å². The minimum absolute atomic E-state index is 0.000206. The molecule has 1 aromatic carbocycles. The molecule has 0 aliphatic heterocycles. The van der Waals surface area contributed by atoms with Gasteiger partial charge in [0.05, 0.1) is 17.8 Å². The predicted molar refractivity (Wildman–Crippen MR) is 74.0 cm³/mol. The Bertz CT molecular complexity index is 621. The van der Waals surface area contributed by atoms with E-state index in [4.69, 9.17) is 23.2 Å². The molecule has 0 saturated carbocycles. The molecule has 0 spiro atoms. The Morgan fingerprint density at radius 1 is 1.22 bits per heavy atom. The molecular formula is C13H10Cl2N2O. The zero-order valence-corrected chi connectivity index (χ0v) is 10.9. The highest BCUT2D eigenvalue weighted by atomic mass is 35.5. The highest BCUT2D eigenvalue weighted by molar-refractivity contribution is 6.41. The molecule has 3 nitrogen and oxygen atoms in total. The Kier molecular flexibility index (Phi) is 4.18. The van der Waals surface area contributed by atoms with Crippen molar-refractivity contribution in [3.8, 4) is 0 Å². The molecule has 0 bridgehead atoms. The topological polar surface area (TPSA) is 34.9 Å². The second-order valence-electron chi connectivity index (χ2n) is 3.61. The predicted octanol–water partition coefficient (Wildman–Crippen LogP) is 3.26. The van der Waals surface area contributed by atoms with Crippen LogP contribution in [-0.2, 0) is 6.54 Å². The van der Waals surface area contributed by atoms with Crippen molar-refractivity contribution in [3.63, 3.8) is 0 Å². The van der Waals surface area contributed by atoms with E-state index in [1.54, 1.807) is 0 Å². The first-order valence-electron chi connectivity index (χ1n) is 5.31. The maximum Gasteiger partial charge on any atom is 0.287 e. The van der Waals surface area contributed by atoms with Crippen molar-refractivity contribution < 1.29 is 0 Å². The van der Waals surface area contributed by atoms with E-state index in [0.717, 1.165) is 5.56 Å². The highest BCUT2D eigenvalue weighted by Crippen LogP contribution is 2.14. The minimum atomic E-state index is -0.387. The Morgan fingerprint density at radius 3 is 2.67 bits per heavy atom. The molecule has 0 unspecified atom stereocenters. The van der Waals surface area contributed by atoms with Crippen LogP contribution in [-0.4, -0.2) is 9.78 Å². The van der Waals surface area contributed by atoms with Gasteiger partial charge >= 0.3 is 0 Å². The third-order valence-electron chi connectivity index (χ3n) is 2.33. The molecule has 92 valence electrons. The van der Waals surface area contributed by atoms with Gasteiger partial charge in [-0.2, -0.15) is 5.10 Å². The summed E-state index contributed by atoms with van der Waals surface area (Å²) in [5.41, 5.74) is 0.674. The molecule has 0 radical (unpaired) electrons. The number of halogens is 2. The van der Waals surface area contributed by atoms with Crippen molar-refractivity contribution >= 4 is 29.3 Å². The summed E-state index contributed by atoms with van der Waals surface area (Å²) in [6.45, 7) is 0.352. The number of aromatic nitrogens is 2. The van der Waals surface area contributed by atoms with Gasteiger partial charge in [-0.25, -0.2) is 4.68 Å². The van der Waals surface area contributed by atoms with Gasteiger partial charge in [0.25, 0.3) is 5.56 Å². The maximum absolute atomic E-state index is 11.7. The highest BCUT2D eigenvalue weighted by Gasteiger charge is 2.05. The van der Waals surface area contributed by atoms with Crippen LogP contribution >= 0.6 is 23.2 Å². The lowest BCUT2D eigenvalue weighted by Gasteiger charge is -2.01. The summed E-state index contributed by atoms with van der Waals surface area (Å²) in [7, 11) is 0. The Labute approximate surface area is 114 Å². The van der Waals surface area contributed by atoms with E-state index in [1.165, 1.54) is 10.9 Å². The number of hydrogen-bond donors (Lipinski definition) is 0. The molecule has 18 heavy (non-hydrogen) atoms. The van der Waals surface area contributed by atoms with Crippen molar-refractivity contribution in [3.05, 3.63) is 68.6 Å². The van der Waals surface area contributed by atoms with Crippen molar-refractivity contribution in [1.82, 2.24) is 9.78 Å². The van der Waals surface area contributed by atoms with E-state index in [-0.39, 0.29) is 15.6 Å². The van der Waals surface area contributed by atoms with Gasteiger partial charge in [-0.15, -0.1) is 0 Å². The summed E-state index contributed by atoms with van der Waals surface area (Å²) in [4.78, 5) is 11.7. The normalized spacial score (nSPS) is 11.0. The van der Waals surface area contributed by atoms with E-state index < -0.39 is 0 Å². The maximum atomic E-state index is 11.7. The van der Waals surface area contributed by atoms with Crippen molar-refractivity contribution in [2.24, 2.45) is 0 Å². The summed E-state index contributed by atoms with van der Waals surface area (Å²) < 4.78 is 1.26. The minimum Gasteiger partial charge on any atom is -0.266 e. The van der Waals surface area contributed by atoms with Crippen LogP contribution in [0, 0.1) is 0 Å². The zero-order valence-electron chi connectivity index (χ0n) is 9.38. The van der Waals surface area contributed by atoms with Crippen LogP contribution in [0.1, 0.15) is 5.56 Å². The Balaban J connectivity index is 2.14. The van der Waals surface area contributed by atoms with Crippen LogP contribution < -0.4 is 5.56 Å². The van der Waals surface area contributed by atoms with E-state index >= 15 is 0 Å². The lowest BCUT2D eigenvalue weighted by atomic mass is 10.2. The number of rotatable bonds is 3. The second-order valence-corrected chi connectivity index (χ2v) is 4.39. The summed E-state index contributed by atoms with van der Waals surface area (Å²) >= 11 is 11.4. The lowest BCUT2D eigenvalue weighted by molar-refractivity contribution is 0.653. The first-order valence-corrected chi connectivity index (χ1v) is 6.07. The van der Waals surface area contributed by atoms with Crippen molar-refractivity contribution in [2.45, 2.75) is 6.54 Å². The van der Waals surface area contributed by atoms with Crippen molar-refractivity contribution in [2.75, 3.05) is 0 Å². The second kappa shape index (κ2) is 5.85. The van der Waals surface area contributed by atoms with Gasteiger partial charge in [0.1, 0.15) is 5.02 Å². The summed E-state index contributed by atoms with van der Waals surface area (Å²) in [6, 6.07) is 9.79. The molecule has 0 atom stereocenters. The van der Waals surface area contributed by atoms with Crippen LogP contribution in [0.15, 0.2) is 47.4 Å². The van der Waals surface area contributed by atoms with Gasteiger partial charge in [0, 0.05) is 0 Å². The molecule has 0 fully saturated rings. The first kappa shape index (κ1) is 12.9. The summed E-state index contributed by atoms with van der Waals surface area (Å²) in [5.74, 6) is 0. The molecule has 0 aliphatic rings. The average molecular weight is 281 g/mol. The van der Waals surface area contributed by atoms with Gasteiger partial charge in [0.2, 0.25) is 0 Å². The van der Waals surface area contributed by atoms with Crippen LogP contribution in [0.25, 0.3) is 6.08 Å². The summed E-state index contributed by atoms with van der Waals surface area (Å²) in [5, 5.41) is 4.08. The van der Waals surface area contributed by atoms with E-state index in [2.05, 4.69) is 5.10 Å². The number of hydrogen-bond acceptors (Lipinski definition) is 2. The third-order valence-corrected chi connectivity index (χ3v) is 3.08. The van der Waals surface area contributed by atoms with Crippen LogP contribution in [0.5, 0.6) is 0 Å². The molecule has 0 aliphatic carbocycles.